The van der Waals surface area contributed by atoms with Gasteiger partial charge >= 0.3 is 0 Å². The van der Waals surface area contributed by atoms with Gasteiger partial charge in [-0.25, -0.2) is 13.8 Å². The molecule has 2 aromatic heterocycles. The predicted molar refractivity (Wildman–Crippen MR) is 89.5 cm³/mol. The molecule has 1 aliphatic heterocycles. The van der Waals surface area contributed by atoms with Crippen LogP contribution in [0.2, 0.25) is 0 Å². The molecule has 0 bridgehead atoms. The van der Waals surface area contributed by atoms with E-state index in [1.807, 2.05) is 18.3 Å². The predicted octanol–water partition coefficient (Wildman–Crippen LogP) is 2.08. The Hall–Kier alpha value is -2.06. The minimum absolute atomic E-state index is 0.103. The molecule has 3 heterocycles. The highest BCUT2D eigenvalue weighted by Crippen LogP contribution is 2.22. The number of rotatable bonds is 6. The highest BCUT2D eigenvalue weighted by atomic mass is 19.3. The van der Waals surface area contributed by atoms with Gasteiger partial charge < -0.3 is 4.74 Å². The monoisotopic (exact) mass is 351 g/mol. The fraction of sp³-hybridized carbons (Fsp3) is 0.529. The molecule has 136 valence electrons. The maximum Gasteiger partial charge on any atom is 0.282 e. The molecule has 25 heavy (non-hydrogen) atoms. The molecular formula is C17H23F2N5O. The van der Waals surface area contributed by atoms with Gasteiger partial charge in [-0.1, -0.05) is 6.07 Å². The third kappa shape index (κ3) is 4.52. The Morgan fingerprint density at radius 1 is 1.12 bits per heavy atom. The highest BCUT2D eigenvalue weighted by molar-refractivity contribution is 5.19. The van der Waals surface area contributed by atoms with Crippen molar-refractivity contribution in [2.45, 2.75) is 19.5 Å². The summed E-state index contributed by atoms with van der Waals surface area (Å²) in [4.78, 5) is 8.77. The van der Waals surface area contributed by atoms with E-state index in [0.29, 0.717) is 18.0 Å². The number of hydrogen-bond donors (Lipinski definition) is 0. The van der Waals surface area contributed by atoms with Crippen LogP contribution in [-0.4, -0.2) is 57.9 Å². The first-order chi connectivity index (χ1) is 12.0. The van der Waals surface area contributed by atoms with Crippen molar-refractivity contribution in [2.75, 3.05) is 33.3 Å². The fourth-order valence-corrected chi connectivity index (χ4v) is 3.09. The normalized spacial score (nSPS) is 16.5. The molecule has 0 atom stereocenters. The summed E-state index contributed by atoms with van der Waals surface area (Å²) >= 11 is 0. The van der Waals surface area contributed by atoms with E-state index in [4.69, 9.17) is 4.74 Å². The molecule has 2 aromatic rings. The lowest BCUT2D eigenvalue weighted by Crippen LogP contribution is -2.45. The number of aryl methyl sites for hydroxylation is 1. The SMILES string of the molecule is COc1ccc(CN2CCN(Cc3cn(C)nc3C(F)F)CC2)cn1. The first-order valence-electron chi connectivity index (χ1n) is 8.29. The second-order valence-electron chi connectivity index (χ2n) is 6.28. The standard InChI is InChI=1S/C17H23F2N5O/c1-22-11-14(16(21-22)17(18)19)12-24-7-5-23(6-8-24)10-13-3-4-15(25-2)20-9-13/h3-4,9,11,17H,5-8,10,12H2,1-2H3. The van der Waals surface area contributed by atoms with Crippen LogP contribution in [0.5, 0.6) is 5.88 Å². The van der Waals surface area contributed by atoms with Crippen LogP contribution < -0.4 is 4.74 Å². The Morgan fingerprint density at radius 2 is 1.80 bits per heavy atom. The van der Waals surface area contributed by atoms with Crippen LogP contribution in [0.1, 0.15) is 23.2 Å². The molecule has 1 fully saturated rings. The van der Waals surface area contributed by atoms with Gasteiger partial charge in [0.05, 0.1) is 7.11 Å². The van der Waals surface area contributed by atoms with Crippen molar-refractivity contribution >= 4 is 0 Å². The Kier molecular flexibility index (Phi) is 5.60. The van der Waals surface area contributed by atoms with Crippen molar-refractivity contribution in [1.82, 2.24) is 24.6 Å². The summed E-state index contributed by atoms with van der Waals surface area (Å²) in [5, 5.41) is 3.87. The van der Waals surface area contributed by atoms with Crippen molar-refractivity contribution < 1.29 is 13.5 Å². The summed E-state index contributed by atoms with van der Waals surface area (Å²) in [5.41, 5.74) is 1.65. The van der Waals surface area contributed by atoms with E-state index in [9.17, 15) is 8.78 Å². The summed E-state index contributed by atoms with van der Waals surface area (Å²) in [6.07, 6.45) is 0.993. The Labute approximate surface area is 146 Å². The number of hydrogen-bond acceptors (Lipinski definition) is 5. The molecule has 0 aromatic carbocycles. The average Bonchev–Trinajstić information content (AvgIpc) is 2.98. The van der Waals surface area contributed by atoms with Crippen molar-refractivity contribution in [3.8, 4) is 5.88 Å². The Balaban J connectivity index is 1.51. The van der Waals surface area contributed by atoms with E-state index in [1.54, 1.807) is 20.4 Å². The molecule has 1 aliphatic rings. The topological polar surface area (TPSA) is 46.4 Å². The zero-order valence-electron chi connectivity index (χ0n) is 14.5. The summed E-state index contributed by atoms with van der Waals surface area (Å²) < 4.78 is 32.6. The van der Waals surface area contributed by atoms with Gasteiger partial charge in [0.2, 0.25) is 5.88 Å². The van der Waals surface area contributed by atoms with Gasteiger partial charge in [0.15, 0.2) is 0 Å². The van der Waals surface area contributed by atoms with Gasteiger partial charge in [0, 0.05) is 70.3 Å². The smallest absolute Gasteiger partial charge is 0.282 e. The number of aromatic nitrogens is 3. The number of pyridine rings is 1. The molecule has 6 nitrogen and oxygen atoms in total. The third-order valence-electron chi connectivity index (χ3n) is 4.42. The molecular weight excluding hydrogens is 328 g/mol. The minimum atomic E-state index is -2.53. The average molecular weight is 351 g/mol. The second kappa shape index (κ2) is 7.88. The van der Waals surface area contributed by atoms with E-state index >= 15 is 0 Å². The summed E-state index contributed by atoms with van der Waals surface area (Å²) in [6, 6.07) is 3.88. The zero-order valence-corrected chi connectivity index (χ0v) is 14.5. The van der Waals surface area contributed by atoms with Crippen LogP contribution in [-0.2, 0) is 20.1 Å². The van der Waals surface area contributed by atoms with Gasteiger partial charge in [-0.15, -0.1) is 0 Å². The number of nitrogens with zero attached hydrogens (tertiary/aromatic N) is 5. The van der Waals surface area contributed by atoms with Crippen LogP contribution in [0.25, 0.3) is 0 Å². The maximum atomic E-state index is 13.0. The Morgan fingerprint density at radius 3 is 2.36 bits per heavy atom. The second-order valence-corrected chi connectivity index (χ2v) is 6.28. The quantitative estimate of drug-likeness (QED) is 0.797. The van der Waals surface area contributed by atoms with E-state index < -0.39 is 6.43 Å². The van der Waals surface area contributed by atoms with Crippen LogP contribution in [0.15, 0.2) is 24.5 Å². The summed E-state index contributed by atoms with van der Waals surface area (Å²) in [5.74, 6) is 0.611. The highest BCUT2D eigenvalue weighted by Gasteiger charge is 2.22. The largest absolute Gasteiger partial charge is 0.481 e. The van der Waals surface area contributed by atoms with Gasteiger partial charge in [-0.3, -0.25) is 14.5 Å². The molecule has 1 saturated heterocycles. The van der Waals surface area contributed by atoms with Crippen molar-refractivity contribution in [3.05, 3.63) is 41.3 Å². The summed E-state index contributed by atoms with van der Waals surface area (Å²) in [7, 11) is 3.28. The number of alkyl halides is 2. The van der Waals surface area contributed by atoms with Crippen molar-refractivity contribution in [3.63, 3.8) is 0 Å². The Bertz CT molecular complexity index is 681. The van der Waals surface area contributed by atoms with Crippen LogP contribution in [0.4, 0.5) is 8.78 Å². The van der Waals surface area contributed by atoms with E-state index in [2.05, 4.69) is 19.9 Å². The molecule has 0 saturated carbocycles. The first kappa shape index (κ1) is 17.8. The van der Waals surface area contributed by atoms with E-state index in [-0.39, 0.29) is 5.69 Å². The van der Waals surface area contributed by atoms with E-state index in [0.717, 1.165) is 38.3 Å². The molecule has 0 radical (unpaired) electrons. The number of halogens is 2. The van der Waals surface area contributed by atoms with Crippen molar-refractivity contribution in [2.24, 2.45) is 7.05 Å². The van der Waals surface area contributed by atoms with Gasteiger partial charge in [0.1, 0.15) is 5.69 Å². The molecule has 0 N–H and O–H groups in total. The van der Waals surface area contributed by atoms with Crippen LogP contribution in [0, 0.1) is 0 Å². The number of ether oxygens (including phenoxy) is 1. The van der Waals surface area contributed by atoms with Crippen LogP contribution >= 0.6 is 0 Å². The number of methoxy groups -OCH3 is 1. The fourth-order valence-electron chi connectivity index (χ4n) is 3.09. The lowest BCUT2D eigenvalue weighted by molar-refractivity contribution is 0.117. The van der Waals surface area contributed by atoms with E-state index in [1.165, 1.54) is 4.68 Å². The summed E-state index contributed by atoms with van der Waals surface area (Å²) in [6.45, 7) is 4.85. The maximum absolute atomic E-state index is 13.0. The third-order valence-corrected chi connectivity index (χ3v) is 4.42. The molecule has 0 amide bonds. The number of piperazine rings is 1. The minimum Gasteiger partial charge on any atom is -0.481 e. The lowest BCUT2D eigenvalue weighted by Gasteiger charge is -2.34. The zero-order chi connectivity index (χ0) is 17.8. The molecule has 8 heteroatoms. The molecule has 0 unspecified atom stereocenters. The van der Waals surface area contributed by atoms with Crippen molar-refractivity contribution in [1.29, 1.82) is 0 Å². The first-order valence-corrected chi connectivity index (χ1v) is 8.29. The van der Waals surface area contributed by atoms with Gasteiger partial charge in [-0.2, -0.15) is 5.10 Å². The molecule has 0 aliphatic carbocycles. The van der Waals surface area contributed by atoms with Gasteiger partial charge in [-0.05, 0) is 5.56 Å². The molecule has 3 rings (SSSR count). The lowest BCUT2D eigenvalue weighted by atomic mass is 10.2. The molecule has 0 spiro atoms. The van der Waals surface area contributed by atoms with Gasteiger partial charge in [0.25, 0.3) is 6.43 Å². The van der Waals surface area contributed by atoms with Crippen LogP contribution in [0.3, 0.4) is 0 Å².